The molecule has 0 aliphatic carbocycles. The van der Waals surface area contributed by atoms with Crippen LogP contribution in [0.4, 0.5) is 8.78 Å². The summed E-state index contributed by atoms with van der Waals surface area (Å²) in [5.74, 6) is -2.22. The predicted molar refractivity (Wildman–Crippen MR) is 50.2 cm³/mol. The number of aldehydes is 1. The lowest BCUT2D eigenvalue weighted by Gasteiger charge is -2.10. The molecule has 1 atom stereocenters. The summed E-state index contributed by atoms with van der Waals surface area (Å²) in [6.07, 6.45) is -0.416. The average molecular weight is 265 g/mol. The van der Waals surface area contributed by atoms with E-state index in [1.165, 1.54) is 6.92 Å². The minimum atomic E-state index is -0.875. The van der Waals surface area contributed by atoms with Crippen molar-refractivity contribution in [2.45, 2.75) is 13.0 Å². The molecule has 0 heterocycles. The summed E-state index contributed by atoms with van der Waals surface area (Å²) in [5.41, 5.74) is 0. The molecule has 0 unspecified atom stereocenters. The third kappa shape index (κ3) is 2.51. The molecular weight excluding hydrogens is 258 g/mol. The Labute approximate surface area is 88.0 Å². The highest BCUT2D eigenvalue weighted by Gasteiger charge is 2.14. The Morgan fingerprint density at radius 1 is 1.43 bits per heavy atom. The first kappa shape index (κ1) is 11.1. The minimum absolute atomic E-state index is 0.276. The van der Waals surface area contributed by atoms with Crippen molar-refractivity contribution in [1.82, 2.24) is 0 Å². The first-order valence-corrected chi connectivity index (χ1v) is 4.60. The van der Waals surface area contributed by atoms with Gasteiger partial charge >= 0.3 is 0 Å². The van der Waals surface area contributed by atoms with E-state index in [4.69, 9.17) is 4.74 Å². The van der Waals surface area contributed by atoms with E-state index in [0.29, 0.717) is 6.29 Å². The summed E-state index contributed by atoms with van der Waals surface area (Å²) in [5, 5.41) is 0. The van der Waals surface area contributed by atoms with E-state index in [-0.39, 0.29) is 4.47 Å². The predicted octanol–water partition coefficient (Wildman–Crippen LogP) is 2.69. The number of benzene rings is 1. The van der Waals surface area contributed by atoms with Gasteiger partial charge in [0.1, 0.15) is 0 Å². The van der Waals surface area contributed by atoms with Gasteiger partial charge in [-0.1, -0.05) is 15.9 Å². The summed E-state index contributed by atoms with van der Waals surface area (Å²) in [6.45, 7) is 1.40. The van der Waals surface area contributed by atoms with Crippen LogP contribution in [0.5, 0.6) is 5.75 Å². The van der Waals surface area contributed by atoms with Gasteiger partial charge in [-0.25, -0.2) is 8.78 Å². The number of carbonyl (C=O) groups excluding carboxylic acids is 1. The lowest BCUT2D eigenvalue weighted by molar-refractivity contribution is -0.113. The van der Waals surface area contributed by atoms with Crippen LogP contribution >= 0.6 is 15.9 Å². The Bertz CT molecular complexity index is 332. The van der Waals surface area contributed by atoms with Crippen molar-refractivity contribution < 1.29 is 18.3 Å². The van der Waals surface area contributed by atoms with Gasteiger partial charge in [0.2, 0.25) is 0 Å². The van der Waals surface area contributed by atoms with Crippen molar-refractivity contribution in [1.29, 1.82) is 0 Å². The molecule has 0 fully saturated rings. The largest absolute Gasteiger partial charge is 0.477 e. The molecule has 0 N–H and O–H groups in total. The van der Waals surface area contributed by atoms with Gasteiger partial charge in [-0.15, -0.1) is 0 Å². The van der Waals surface area contributed by atoms with Crippen molar-refractivity contribution in [2.75, 3.05) is 0 Å². The molecule has 0 bridgehead atoms. The lowest BCUT2D eigenvalue weighted by Crippen LogP contribution is -2.14. The molecule has 1 aromatic carbocycles. The molecule has 14 heavy (non-hydrogen) atoms. The highest BCUT2D eigenvalue weighted by molar-refractivity contribution is 9.10. The molecule has 5 heteroatoms. The second-order valence-corrected chi connectivity index (χ2v) is 3.57. The Morgan fingerprint density at radius 2 is 1.93 bits per heavy atom. The van der Waals surface area contributed by atoms with Gasteiger partial charge in [0, 0.05) is 4.47 Å². The summed E-state index contributed by atoms with van der Waals surface area (Å²) in [4.78, 5) is 10.2. The number of carbonyl (C=O) groups is 1. The summed E-state index contributed by atoms with van der Waals surface area (Å²) < 4.78 is 31.2. The van der Waals surface area contributed by atoms with Crippen molar-refractivity contribution in [3.63, 3.8) is 0 Å². The average Bonchev–Trinajstić information content (AvgIpc) is 2.10. The third-order valence-electron chi connectivity index (χ3n) is 1.46. The van der Waals surface area contributed by atoms with Crippen molar-refractivity contribution in [2.24, 2.45) is 0 Å². The smallest absolute Gasteiger partial charge is 0.191 e. The maximum absolute atomic E-state index is 13.1. The molecular formula is C9H7BrF2O2. The summed E-state index contributed by atoms with van der Waals surface area (Å²) in [6, 6.07) is 2.13. The number of hydrogen-bond donors (Lipinski definition) is 0. The molecule has 0 saturated heterocycles. The van der Waals surface area contributed by atoms with E-state index in [2.05, 4.69) is 15.9 Å². The topological polar surface area (TPSA) is 26.3 Å². The van der Waals surface area contributed by atoms with Crippen LogP contribution in [0.2, 0.25) is 0 Å². The molecule has 76 valence electrons. The molecule has 0 aliphatic heterocycles. The van der Waals surface area contributed by atoms with Gasteiger partial charge in [-0.3, -0.25) is 4.79 Å². The molecule has 0 aromatic heterocycles. The van der Waals surface area contributed by atoms with Gasteiger partial charge in [-0.05, 0) is 19.1 Å². The molecule has 0 saturated carbocycles. The van der Waals surface area contributed by atoms with Crippen LogP contribution < -0.4 is 4.74 Å². The summed E-state index contributed by atoms with van der Waals surface area (Å²) in [7, 11) is 0. The van der Waals surface area contributed by atoms with E-state index < -0.39 is 23.5 Å². The highest BCUT2D eigenvalue weighted by Crippen LogP contribution is 2.26. The van der Waals surface area contributed by atoms with Crippen LogP contribution in [0, 0.1) is 11.6 Å². The van der Waals surface area contributed by atoms with Gasteiger partial charge in [0.15, 0.2) is 29.8 Å². The molecule has 2 nitrogen and oxygen atoms in total. The van der Waals surface area contributed by atoms with E-state index in [9.17, 15) is 13.6 Å². The SMILES string of the molecule is C[C@H](C=O)Oc1c(F)cc(Br)cc1F. The van der Waals surface area contributed by atoms with Gasteiger partial charge in [0.25, 0.3) is 0 Å². The maximum Gasteiger partial charge on any atom is 0.191 e. The number of halogens is 3. The van der Waals surface area contributed by atoms with Crippen molar-refractivity contribution in [3.05, 3.63) is 28.2 Å². The standard InChI is InChI=1S/C9H7BrF2O2/c1-5(4-13)14-9-7(11)2-6(10)3-8(9)12/h2-5H,1H3/t5-/m1/s1. The first-order valence-electron chi connectivity index (χ1n) is 3.81. The van der Waals surface area contributed by atoms with Crippen LogP contribution in [0.1, 0.15) is 6.92 Å². The molecule has 0 radical (unpaired) electrons. The molecule has 0 amide bonds. The lowest BCUT2D eigenvalue weighted by atomic mass is 10.3. The number of rotatable bonds is 3. The second-order valence-electron chi connectivity index (χ2n) is 2.66. The van der Waals surface area contributed by atoms with E-state index in [0.717, 1.165) is 12.1 Å². The van der Waals surface area contributed by atoms with Crippen LogP contribution in [-0.2, 0) is 4.79 Å². The Hall–Kier alpha value is -0.970. The van der Waals surface area contributed by atoms with Crippen molar-refractivity contribution in [3.8, 4) is 5.75 Å². The number of ether oxygens (including phenoxy) is 1. The molecule has 1 rings (SSSR count). The van der Waals surface area contributed by atoms with Gasteiger partial charge in [-0.2, -0.15) is 0 Å². The van der Waals surface area contributed by atoms with E-state index in [1.54, 1.807) is 0 Å². The van der Waals surface area contributed by atoms with Gasteiger partial charge in [0.05, 0.1) is 0 Å². The maximum atomic E-state index is 13.1. The Morgan fingerprint density at radius 3 is 2.36 bits per heavy atom. The van der Waals surface area contributed by atoms with Gasteiger partial charge < -0.3 is 4.74 Å². The first-order chi connectivity index (χ1) is 6.54. The minimum Gasteiger partial charge on any atom is -0.477 e. The monoisotopic (exact) mass is 264 g/mol. The zero-order valence-electron chi connectivity index (χ0n) is 7.26. The van der Waals surface area contributed by atoms with Crippen LogP contribution in [-0.4, -0.2) is 12.4 Å². The third-order valence-corrected chi connectivity index (χ3v) is 1.92. The summed E-state index contributed by atoms with van der Waals surface area (Å²) >= 11 is 2.93. The van der Waals surface area contributed by atoms with Crippen LogP contribution in [0.15, 0.2) is 16.6 Å². The van der Waals surface area contributed by atoms with E-state index in [1.807, 2.05) is 0 Å². The Balaban J connectivity index is 3.02. The van der Waals surface area contributed by atoms with Crippen LogP contribution in [0.25, 0.3) is 0 Å². The zero-order chi connectivity index (χ0) is 10.7. The highest BCUT2D eigenvalue weighted by atomic mass is 79.9. The second kappa shape index (κ2) is 4.50. The zero-order valence-corrected chi connectivity index (χ0v) is 8.85. The van der Waals surface area contributed by atoms with E-state index >= 15 is 0 Å². The molecule has 0 spiro atoms. The number of hydrogen-bond acceptors (Lipinski definition) is 2. The fourth-order valence-electron chi connectivity index (χ4n) is 0.855. The molecule has 1 aromatic rings. The van der Waals surface area contributed by atoms with Crippen molar-refractivity contribution >= 4 is 22.2 Å². The van der Waals surface area contributed by atoms with Crippen LogP contribution in [0.3, 0.4) is 0 Å². The quantitative estimate of drug-likeness (QED) is 0.785. The fraction of sp³-hybridized carbons (Fsp3) is 0.222. The Kier molecular flexibility index (Phi) is 3.57. The fourth-order valence-corrected chi connectivity index (χ4v) is 1.26. The normalized spacial score (nSPS) is 12.3. The molecule has 0 aliphatic rings.